The van der Waals surface area contributed by atoms with Crippen LogP contribution in [-0.2, 0) is 0 Å². The Kier molecular flexibility index (Phi) is 19.1. The van der Waals surface area contributed by atoms with Crippen molar-refractivity contribution >= 4 is 60.9 Å². The lowest BCUT2D eigenvalue weighted by Gasteiger charge is -2.02. The standard InChI is InChI=1S/C17H28S6/c1-2-4-6-8-10-12-14-16-18-20-22-23-21-19-17-15-13-11-9-7-5-3-1/h6,8,10,12,14,16H,1-5,7,9,11,13,15,17H2/b8-6+,12-10-,16-14+. The van der Waals surface area contributed by atoms with Crippen LogP contribution in [0.25, 0.3) is 0 Å². The van der Waals surface area contributed by atoms with Gasteiger partial charge in [0.05, 0.1) is 0 Å². The molecule has 6 heteroatoms. The molecule has 0 aromatic heterocycles. The van der Waals surface area contributed by atoms with Crippen molar-refractivity contribution in [2.45, 2.75) is 64.2 Å². The first-order valence-corrected chi connectivity index (χ1v) is 16.1. The third kappa shape index (κ3) is 17.9. The van der Waals surface area contributed by atoms with Crippen LogP contribution >= 0.6 is 60.9 Å². The number of rotatable bonds is 0. The van der Waals surface area contributed by atoms with Crippen molar-refractivity contribution in [2.75, 3.05) is 5.75 Å². The summed E-state index contributed by atoms with van der Waals surface area (Å²) in [5.74, 6) is 1.30. The van der Waals surface area contributed by atoms with Crippen LogP contribution in [0.15, 0.2) is 35.8 Å². The molecule has 0 saturated carbocycles. The molecule has 1 aliphatic rings. The molecule has 0 N–H and O–H groups in total. The fraction of sp³-hybridized carbons (Fsp3) is 0.647. The minimum absolute atomic E-state index is 1.22. The van der Waals surface area contributed by atoms with Crippen LogP contribution in [0.2, 0.25) is 0 Å². The maximum absolute atomic E-state index is 2.29. The van der Waals surface area contributed by atoms with Crippen molar-refractivity contribution in [1.29, 1.82) is 0 Å². The normalized spacial score (nSPS) is 26.1. The molecule has 0 amide bonds. The third-order valence-electron chi connectivity index (χ3n) is 3.37. The number of hydrogen-bond acceptors (Lipinski definition) is 6. The monoisotopic (exact) mass is 424 g/mol. The summed E-state index contributed by atoms with van der Waals surface area (Å²) in [5.41, 5.74) is 0. The first-order chi connectivity index (χ1) is 11.5. The van der Waals surface area contributed by atoms with Crippen LogP contribution < -0.4 is 0 Å². The van der Waals surface area contributed by atoms with Crippen molar-refractivity contribution in [3.8, 4) is 0 Å². The molecule has 23 heavy (non-hydrogen) atoms. The molecule has 0 aliphatic carbocycles. The van der Waals surface area contributed by atoms with Gasteiger partial charge in [0, 0.05) is 5.75 Å². The molecule has 1 rings (SSSR count). The Morgan fingerprint density at radius 2 is 1.17 bits per heavy atom. The van der Waals surface area contributed by atoms with Crippen molar-refractivity contribution in [3.05, 3.63) is 35.8 Å². The molecule has 1 heterocycles. The molecule has 1 aliphatic heterocycles. The molecule has 0 aromatic rings. The Balaban J connectivity index is 2.15. The van der Waals surface area contributed by atoms with Crippen molar-refractivity contribution in [1.82, 2.24) is 0 Å². The summed E-state index contributed by atoms with van der Waals surface area (Å²) in [6.07, 6.45) is 24.7. The summed E-state index contributed by atoms with van der Waals surface area (Å²) in [4.78, 5) is 0. The molecule has 0 saturated heterocycles. The van der Waals surface area contributed by atoms with Gasteiger partial charge in [-0.05, 0) is 64.0 Å². The van der Waals surface area contributed by atoms with Gasteiger partial charge in [-0.15, -0.1) is 0 Å². The summed E-state index contributed by atoms with van der Waals surface area (Å²) < 4.78 is 0. The van der Waals surface area contributed by atoms with E-state index in [0.29, 0.717) is 0 Å². The Bertz CT molecular complexity index is 297. The fourth-order valence-corrected chi connectivity index (χ4v) is 13.0. The predicted molar refractivity (Wildman–Crippen MR) is 124 cm³/mol. The molecule has 0 atom stereocenters. The largest absolute Gasteiger partial charge is 0.0845 e. The molecule has 0 nitrogen and oxygen atoms in total. The molecule has 132 valence electrons. The molecule has 0 fully saturated rings. The second kappa shape index (κ2) is 19.6. The molecule has 0 bridgehead atoms. The van der Waals surface area contributed by atoms with Gasteiger partial charge in [-0.1, -0.05) is 96.9 Å². The fourth-order valence-electron chi connectivity index (χ4n) is 2.16. The molecule has 0 aromatic carbocycles. The lowest BCUT2D eigenvalue weighted by molar-refractivity contribution is 0.567. The molecule has 0 unspecified atom stereocenters. The zero-order chi connectivity index (χ0) is 16.3. The van der Waals surface area contributed by atoms with Gasteiger partial charge in [-0.3, -0.25) is 0 Å². The van der Waals surface area contributed by atoms with Gasteiger partial charge >= 0.3 is 0 Å². The van der Waals surface area contributed by atoms with Crippen molar-refractivity contribution in [2.24, 2.45) is 0 Å². The maximum Gasteiger partial charge on any atom is 0.00454 e. The maximum atomic E-state index is 2.29. The van der Waals surface area contributed by atoms with Gasteiger partial charge in [0.1, 0.15) is 0 Å². The summed E-state index contributed by atoms with van der Waals surface area (Å²) in [6, 6.07) is 0. The highest BCUT2D eigenvalue weighted by Crippen LogP contribution is 2.52. The molecular formula is C17H28S6. The van der Waals surface area contributed by atoms with Crippen LogP contribution in [-0.4, -0.2) is 5.75 Å². The zero-order valence-electron chi connectivity index (χ0n) is 13.7. The predicted octanol–water partition coefficient (Wildman–Crippen LogP) is 9.50. The zero-order valence-corrected chi connectivity index (χ0v) is 18.6. The Morgan fingerprint density at radius 1 is 0.522 bits per heavy atom. The summed E-state index contributed by atoms with van der Waals surface area (Å²) in [5, 5.41) is 2.15. The smallest absolute Gasteiger partial charge is 0.00454 e. The van der Waals surface area contributed by atoms with E-state index in [1.807, 2.05) is 50.1 Å². The lowest BCUT2D eigenvalue weighted by atomic mass is 10.1. The topological polar surface area (TPSA) is 0 Å². The average Bonchev–Trinajstić information content (AvgIpc) is 2.56. The number of hydrogen-bond donors (Lipinski definition) is 0. The minimum Gasteiger partial charge on any atom is -0.0845 e. The van der Waals surface area contributed by atoms with E-state index in [1.54, 1.807) is 10.8 Å². The van der Waals surface area contributed by atoms with Crippen molar-refractivity contribution in [3.63, 3.8) is 0 Å². The average molecular weight is 425 g/mol. The van der Waals surface area contributed by atoms with Gasteiger partial charge < -0.3 is 0 Å². The van der Waals surface area contributed by atoms with Crippen LogP contribution in [0.3, 0.4) is 0 Å². The number of allylic oxidation sites excluding steroid dienone is 5. The van der Waals surface area contributed by atoms with Gasteiger partial charge in [0.15, 0.2) is 0 Å². The highest BCUT2D eigenvalue weighted by Gasteiger charge is 1.96. The van der Waals surface area contributed by atoms with E-state index in [9.17, 15) is 0 Å². The summed E-state index contributed by atoms with van der Waals surface area (Å²) in [7, 11) is 11.3. The first kappa shape index (κ1) is 22.4. The van der Waals surface area contributed by atoms with E-state index in [-0.39, 0.29) is 0 Å². The molecular weight excluding hydrogens is 397 g/mol. The molecule has 0 spiro atoms. The highest BCUT2D eigenvalue weighted by atomic mass is 33.9. The van der Waals surface area contributed by atoms with Crippen LogP contribution in [0.1, 0.15) is 64.2 Å². The van der Waals surface area contributed by atoms with Gasteiger partial charge in [-0.25, -0.2) is 0 Å². The Morgan fingerprint density at radius 3 is 2.00 bits per heavy atom. The van der Waals surface area contributed by atoms with E-state index in [1.165, 1.54) is 70.0 Å². The lowest BCUT2D eigenvalue weighted by Crippen LogP contribution is -1.82. The van der Waals surface area contributed by atoms with E-state index >= 15 is 0 Å². The van der Waals surface area contributed by atoms with Crippen LogP contribution in [0.5, 0.6) is 0 Å². The van der Waals surface area contributed by atoms with E-state index < -0.39 is 0 Å². The molecule has 0 radical (unpaired) electrons. The van der Waals surface area contributed by atoms with E-state index in [4.69, 9.17) is 0 Å². The van der Waals surface area contributed by atoms with Gasteiger partial charge in [0.25, 0.3) is 0 Å². The third-order valence-corrected chi connectivity index (χ3v) is 13.9. The summed E-state index contributed by atoms with van der Waals surface area (Å²) in [6.45, 7) is 0. The van der Waals surface area contributed by atoms with Crippen molar-refractivity contribution < 1.29 is 0 Å². The van der Waals surface area contributed by atoms with Gasteiger partial charge in [-0.2, -0.15) is 0 Å². The minimum atomic E-state index is 1.22. The highest BCUT2D eigenvalue weighted by molar-refractivity contribution is 9.42. The second-order valence-electron chi connectivity index (χ2n) is 5.30. The Labute approximate surface area is 165 Å². The first-order valence-electron chi connectivity index (χ1n) is 8.43. The second-order valence-corrected chi connectivity index (χ2v) is 14.8. The summed E-state index contributed by atoms with van der Waals surface area (Å²) >= 11 is 0. The van der Waals surface area contributed by atoms with Crippen LogP contribution in [0, 0.1) is 0 Å². The quantitative estimate of drug-likeness (QED) is 0.352. The SMILES string of the molecule is C1=C\C=C\SSSSSSCCCCCCCCCCC/C=C/1. The van der Waals surface area contributed by atoms with E-state index in [0.717, 1.165) is 0 Å². The van der Waals surface area contributed by atoms with Gasteiger partial charge in [0.2, 0.25) is 0 Å². The van der Waals surface area contributed by atoms with Crippen LogP contribution in [0.4, 0.5) is 0 Å². The Hall–Kier alpha value is 1.32. The van der Waals surface area contributed by atoms with E-state index in [2.05, 4.69) is 35.8 Å².